The van der Waals surface area contributed by atoms with Gasteiger partial charge in [0.2, 0.25) is 0 Å². The minimum Gasteiger partial charge on any atom is -0.471 e. The zero-order chi connectivity index (χ0) is 10.2. The van der Waals surface area contributed by atoms with E-state index >= 15 is 0 Å². The van der Waals surface area contributed by atoms with Crippen molar-refractivity contribution in [2.45, 2.75) is 26.3 Å². The van der Waals surface area contributed by atoms with Crippen LogP contribution in [0.4, 0.5) is 0 Å². The number of benzene rings is 1. The van der Waals surface area contributed by atoms with E-state index in [0.717, 1.165) is 5.90 Å². The number of nitrogens with zero attached hydrogens (tertiary/aromatic N) is 1. The van der Waals surface area contributed by atoms with Crippen LogP contribution in [0.25, 0.3) is 0 Å². The molecule has 0 saturated heterocycles. The molecule has 0 aliphatic carbocycles. The Morgan fingerprint density at radius 2 is 1.79 bits per heavy atom. The van der Waals surface area contributed by atoms with Crippen LogP contribution in [-0.4, -0.2) is 5.90 Å². The van der Waals surface area contributed by atoms with Gasteiger partial charge < -0.3 is 4.74 Å². The predicted octanol–water partition coefficient (Wildman–Crippen LogP) is 2.82. The van der Waals surface area contributed by atoms with E-state index in [2.05, 4.69) is 36.2 Å². The van der Waals surface area contributed by atoms with Gasteiger partial charge in [0, 0.05) is 6.92 Å². The van der Waals surface area contributed by atoms with Gasteiger partial charge in [-0.15, -0.1) is 0 Å². The fourth-order valence-electron chi connectivity index (χ4n) is 1.60. The lowest BCUT2D eigenvalue weighted by molar-refractivity contribution is 0.356. The fourth-order valence-corrected chi connectivity index (χ4v) is 1.60. The Labute approximate surface area is 84.6 Å². The molecule has 0 bridgehead atoms. The van der Waals surface area contributed by atoms with Crippen molar-refractivity contribution >= 4 is 5.90 Å². The molecule has 2 nitrogen and oxygen atoms in total. The minimum absolute atomic E-state index is 0.308. The van der Waals surface area contributed by atoms with Crippen molar-refractivity contribution < 1.29 is 4.74 Å². The van der Waals surface area contributed by atoms with Crippen molar-refractivity contribution in [1.29, 1.82) is 0 Å². The second-order valence-corrected chi connectivity index (χ2v) is 3.88. The quantitative estimate of drug-likeness (QED) is 0.664. The Kier molecular flexibility index (Phi) is 2.06. The monoisotopic (exact) mass is 188 g/mol. The van der Waals surface area contributed by atoms with Crippen molar-refractivity contribution in [3.8, 4) is 0 Å². The molecule has 1 radical (unpaired) electrons. The molecule has 0 amide bonds. The lowest BCUT2D eigenvalue weighted by Crippen LogP contribution is -2.16. The summed E-state index contributed by atoms with van der Waals surface area (Å²) in [6.45, 7) is 7.78. The van der Waals surface area contributed by atoms with Crippen LogP contribution in [-0.2, 0) is 10.3 Å². The Morgan fingerprint density at radius 3 is 2.29 bits per heavy atom. The van der Waals surface area contributed by atoms with Gasteiger partial charge in [0.05, 0.1) is 0 Å². The van der Waals surface area contributed by atoms with Gasteiger partial charge in [-0.25, -0.2) is 4.99 Å². The Morgan fingerprint density at radius 1 is 1.14 bits per heavy atom. The van der Waals surface area contributed by atoms with Crippen LogP contribution >= 0.6 is 0 Å². The summed E-state index contributed by atoms with van der Waals surface area (Å²) in [7, 11) is 0. The molecule has 1 aliphatic heterocycles. The first-order chi connectivity index (χ1) is 6.60. The molecule has 2 heteroatoms. The van der Waals surface area contributed by atoms with E-state index in [1.807, 2.05) is 13.8 Å². The minimum atomic E-state index is -0.308. The lowest BCUT2D eigenvalue weighted by Gasteiger charge is -2.17. The first-order valence-corrected chi connectivity index (χ1v) is 4.75. The van der Waals surface area contributed by atoms with Gasteiger partial charge in [-0.3, -0.25) is 0 Å². The van der Waals surface area contributed by atoms with Crippen molar-refractivity contribution in [3.05, 3.63) is 42.0 Å². The van der Waals surface area contributed by atoms with Gasteiger partial charge in [0.25, 0.3) is 0 Å². The summed E-state index contributed by atoms with van der Waals surface area (Å²) < 4.78 is 5.28. The van der Waals surface area contributed by atoms with Gasteiger partial charge in [0.1, 0.15) is 5.54 Å². The molecule has 0 saturated carbocycles. The smallest absolute Gasteiger partial charge is 0.181 e. The third kappa shape index (κ3) is 1.52. The highest BCUT2D eigenvalue weighted by Crippen LogP contribution is 2.33. The SMILES string of the molecule is CC1=NC(C)(c2ccc(C)cc2)[CH]O1. The number of rotatable bonds is 1. The number of hydrogen-bond acceptors (Lipinski definition) is 2. The maximum Gasteiger partial charge on any atom is 0.181 e. The second-order valence-electron chi connectivity index (χ2n) is 3.88. The summed E-state index contributed by atoms with van der Waals surface area (Å²) in [6, 6.07) is 8.38. The molecule has 0 N–H and O–H groups in total. The summed E-state index contributed by atoms with van der Waals surface area (Å²) in [5.41, 5.74) is 2.12. The van der Waals surface area contributed by atoms with E-state index in [0.29, 0.717) is 0 Å². The van der Waals surface area contributed by atoms with Crippen LogP contribution < -0.4 is 0 Å². The summed E-state index contributed by atoms with van der Waals surface area (Å²) in [5, 5.41) is 0. The molecule has 2 rings (SSSR count). The maximum atomic E-state index is 5.28. The number of aliphatic imine (C=N–C) groups is 1. The van der Waals surface area contributed by atoms with Gasteiger partial charge in [-0.1, -0.05) is 29.8 Å². The molecule has 0 aromatic heterocycles. The first-order valence-electron chi connectivity index (χ1n) is 4.75. The highest BCUT2D eigenvalue weighted by molar-refractivity contribution is 5.76. The number of hydrogen-bond donors (Lipinski definition) is 0. The maximum absolute atomic E-state index is 5.28. The Hall–Kier alpha value is -1.31. The van der Waals surface area contributed by atoms with E-state index in [9.17, 15) is 0 Å². The topological polar surface area (TPSA) is 21.6 Å². The third-order valence-electron chi connectivity index (χ3n) is 2.48. The van der Waals surface area contributed by atoms with Crippen molar-refractivity contribution in [2.75, 3.05) is 0 Å². The van der Waals surface area contributed by atoms with Crippen LogP contribution in [0, 0.1) is 13.5 Å². The number of ether oxygens (including phenoxy) is 1. The van der Waals surface area contributed by atoms with Gasteiger partial charge in [-0.05, 0) is 19.4 Å². The molecule has 1 unspecified atom stereocenters. The molecule has 14 heavy (non-hydrogen) atoms. The third-order valence-corrected chi connectivity index (χ3v) is 2.48. The van der Waals surface area contributed by atoms with E-state index in [1.165, 1.54) is 11.1 Å². The molecule has 1 heterocycles. The normalized spacial score (nSPS) is 25.8. The van der Waals surface area contributed by atoms with Crippen LogP contribution in [0.2, 0.25) is 0 Å². The second kappa shape index (κ2) is 3.12. The Bertz CT molecular complexity index is 366. The lowest BCUT2D eigenvalue weighted by atomic mass is 9.93. The molecular weight excluding hydrogens is 174 g/mol. The molecule has 73 valence electrons. The summed E-state index contributed by atoms with van der Waals surface area (Å²) in [6.07, 6.45) is 0. The molecule has 0 fully saturated rings. The molecule has 1 aromatic rings. The molecule has 1 atom stereocenters. The van der Waals surface area contributed by atoms with Crippen LogP contribution in [0.3, 0.4) is 0 Å². The molecule has 1 aliphatic rings. The van der Waals surface area contributed by atoms with Crippen LogP contribution in [0.5, 0.6) is 0 Å². The summed E-state index contributed by atoms with van der Waals surface area (Å²) in [4.78, 5) is 4.46. The highest BCUT2D eigenvalue weighted by atomic mass is 16.5. The average molecular weight is 188 g/mol. The van der Waals surface area contributed by atoms with Crippen LogP contribution in [0.1, 0.15) is 25.0 Å². The van der Waals surface area contributed by atoms with E-state index in [1.54, 1.807) is 6.61 Å². The van der Waals surface area contributed by atoms with Crippen molar-refractivity contribution in [2.24, 2.45) is 4.99 Å². The fraction of sp³-hybridized carbons (Fsp3) is 0.333. The van der Waals surface area contributed by atoms with Gasteiger partial charge >= 0.3 is 0 Å². The van der Waals surface area contributed by atoms with Gasteiger partial charge in [-0.2, -0.15) is 0 Å². The van der Waals surface area contributed by atoms with Crippen LogP contribution in [0.15, 0.2) is 29.3 Å². The van der Waals surface area contributed by atoms with E-state index in [4.69, 9.17) is 4.74 Å². The van der Waals surface area contributed by atoms with E-state index in [-0.39, 0.29) is 5.54 Å². The Balaban J connectivity index is 2.35. The molecular formula is C12H14NO. The van der Waals surface area contributed by atoms with Crippen molar-refractivity contribution in [3.63, 3.8) is 0 Å². The summed E-state index contributed by atoms with van der Waals surface area (Å²) >= 11 is 0. The average Bonchev–Trinajstić information content (AvgIpc) is 2.48. The largest absolute Gasteiger partial charge is 0.471 e. The predicted molar refractivity (Wildman–Crippen MR) is 57.0 cm³/mol. The summed E-state index contributed by atoms with van der Waals surface area (Å²) in [5.74, 6) is 0.730. The van der Waals surface area contributed by atoms with Gasteiger partial charge in [0.15, 0.2) is 12.5 Å². The van der Waals surface area contributed by atoms with E-state index < -0.39 is 0 Å². The number of aryl methyl sites for hydroxylation is 1. The molecule has 0 spiro atoms. The highest BCUT2D eigenvalue weighted by Gasteiger charge is 2.32. The zero-order valence-corrected chi connectivity index (χ0v) is 8.74. The standard InChI is InChI=1S/C12H14NO/c1-9-4-6-11(7-5-9)12(3)8-14-10(2)13-12/h4-8H,1-3H3. The zero-order valence-electron chi connectivity index (χ0n) is 8.74. The molecule has 1 aromatic carbocycles. The van der Waals surface area contributed by atoms with Crippen molar-refractivity contribution in [1.82, 2.24) is 0 Å². The first kappa shape index (κ1) is 9.25.